The van der Waals surface area contributed by atoms with Crippen LogP contribution in [-0.4, -0.2) is 93.8 Å². The predicted octanol–water partition coefficient (Wildman–Crippen LogP) is -0.528. The maximum Gasteiger partial charge on any atom is 0.303 e. The van der Waals surface area contributed by atoms with Crippen molar-refractivity contribution >= 4 is 49.5 Å². The summed E-state index contributed by atoms with van der Waals surface area (Å²) in [7, 11) is -9.16. The lowest BCUT2D eigenvalue weighted by atomic mass is 10.0. The van der Waals surface area contributed by atoms with Gasteiger partial charge in [0, 0.05) is 46.1 Å². The Morgan fingerprint density at radius 1 is 0.556 bits per heavy atom. The van der Waals surface area contributed by atoms with Crippen LogP contribution in [0.15, 0.2) is 0 Å². The Morgan fingerprint density at radius 2 is 0.917 bits per heavy atom. The minimum Gasteiger partial charge on any atom is -0.462 e. The Balaban J connectivity index is 7.32. The van der Waals surface area contributed by atoms with Gasteiger partial charge in [0.2, 0.25) is 4.58 Å². The first-order valence-electron chi connectivity index (χ1n) is 10.6. The summed E-state index contributed by atoms with van der Waals surface area (Å²) in [5, 5.41) is 0. The molecule has 0 aliphatic heterocycles. The molecule has 0 aliphatic carbocycles. The van der Waals surface area contributed by atoms with Crippen LogP contribution in [0, 0.1) is 0 Å². The molecule has 16 heteroatoms. The van der Waals surface area contributed by atoms with Crippen LogP contribution >= 0.6 is 0 Å². The fourth-order valence-electron chi connectivity index (χ4n) is 3.10. The lowest BCUT2D eigenvalue weighted by molar-refractivity contribution is -0.201. The zero-order valence-corrected chi connectivity index (χ0v) is 22.7. The lowest BCUT2D eigenvalue weighted by Gasteiger charge is -2.37. The van der Waals surface area contributed by atoms with Crippen molar-refractivity contribution in [2.45, 2.75) is 77.5 Å². The molecular weight excluding hydrogens is 528 g/mol. The molecule has 0 aliphatic rings. The molecule has 0 rings (SSSR count). The number of sulfone groups is 2. The topological polar surface area (TPSA) is 200 Å². The number of rotatable bonds is 14. The fourth-order valence-corrected chi connectivity index (χ4v) is 7.60. The molecule has 0 aromatic carbocycles. The van der Waals surface area contributed by atoms with E-state index in [1.807, 2.05) is 0 Å². The molecule has 0 bridgehead atoms. The molecule has 0 spiro atoms. The first-order chi connectivity index (χ1) is 16.4. The summed E-state index contributed by atoms with van der Waals surface area (Å²) in [5.74, 6) is -6.62. The number of hydrogen-bond acceptors (Lipinski definition) is 14. The second kappa shape index (κ2) is 14.1. The Hall–Kier alpha value is -2.75. The number of carbonyl (C=O) groups is 5. The van der Waals surface area contributed by atoms with Gasteiger partial charge in [0.05, 0.1) is 0 Å². The number of esters is 5. The highest BCUT2D eigenvalue weighted by Crippen LogP contribution is 2.28. The Labute approximate surface area is 209 Å². The van der Waals surface area contributed by atoms with Gasteiger partial charge in [-0.15, -0.1) is 0 Å². The van der Waals surface area contributed by atoms with Crippen LogP contribution in [0.2, 0.25) is 0 Å². The van der Waals surface area contributed by atoms with Crippen LogP contribution in [0.25, 0.3) is 0 Å². The fraction of sp³-hybridized carbons (Fsp3) is 0.750. The van der Waals surface area contributed by atoms with Crippen LogP contribution in [0.5, 0.6) is 0 Å². The molecule has 0 aromatic heterocycles. The predicted molar refractivity (Wildman–Crippen MR) is 122 cm³/mol. The molecule has 0 saturated carbocycles. The summed E-state index contributed by atoms with van der Waals surface area (Å²) in [6.07, 6.45) is -8.11. The highest BCUT2D eigenvalue weighted by molar-refractivity contribution is 8.09. The Kier molecular flexibility index (Phi) is 13.0. The van der Waals surface area contributed by atoms with Gasteiger partial charge in [-0.3, -0.25) is 24.0 Å². The largest absolute Gasteiger partial charge is 0.462 e. The van der Waals surface area contributed by atoms with Gasteiger partial charge in [0.1, 0.15) is 6.61 Å². The van der Waals surface area contributed by atoms with Crippen LogP contribution in [0.4, 0.5) is 0 Å². The Morgan fingerprint density at radius 3 is 1.25 bits per heavy atom. The number of hydrogen-bond donors (Lipinski definition) is 0. The summed E-state index contributed by atoms with van der Waals surface area (Å²) in [4.78, 5) is 59.0. The summed E-state index contributed by atoms with van der Waals surface area (Å²) in [6, 6.07) is 0. The maximum atomic E-state index is 13.0. The molecule has 208 valence electrons. The summed E-state index contributed by atoms with van der Waals surface area (Å²) >= 11 is 0. The van der Waals surface area contributed by atoms with Gasteiger partial charge in [-0.1, -0.05) is 13.8 Å². The second-order valence-corrected chi connectivity index (χ2v) is 12.6. The van der Waals surface area contributed by atoms with Crippen molar-refractivity contribution in [2.75, 3.05) is 18.1 Å². The van der Waals surface area contributed by atoms with Crippen molar-refractivity contribution in [3.8, 4) is 0 Å². The van der Waals surface area contributed by atoms with Crippen LogP contribution in [0.3, 0.4) is 0 Å². The number of ether oxygens (including phenoxy) is 5. The third kappa shape index (κ3) is 10.5. The zero-order chi connectivity index (χ0) is 28.4. The van der Waals surface area contributed by atoms with E-state index in [9.17, 15) is 40.8 Å². The van der Waals surface area contributed by atoms with E-state index in [0.717, 1.165) is 48.5 Å². The molecule has 14 nitrogen and oxygen atoms in total. The van der Waals surface area contributed by atoms with Gasteiger partial charge in [0.15, 0.2) is 44.1 Å². The first kappa shape index (κ1) is 33.2. The van der Waals surface area contributed by atoms with E-state index in [4.69, 9.17) is 23.7 Å². The smallest absolute Gasteiger partial charge is 0.303 e. The van der Waals surface area contributed by atoms with E-state index in [1.54, 1.807) is 0 Å². The van der Waals surface area contributed by atoms with Crippen molar-refractivity contribution in [3.05, 3.63) is 0 Å². The van der Waals surface area contributed by atoms with E-state index in [0.29, 0.717) is 0 Å². The molecule has 0 saturated heterocycles. The third-order valence-electron chi connectivity index (χ3n) is 4.47. The third-order valence-corrected chi connectivity index (χ3v) is 9.79. The Bertz CT molecular complexity index is 997. The molecule has 0 aromatic rings. The van der Waals surface area contributed by atoms with Gasteiger partial charge in [-0.05, 0) is 0 Å². The van der Waals surface area contributed by atoms with E-state index >= 15 is 0 Å². The van der Waals surface area contributed by atoms with Gasteiger partial charge < -0.3 is 23.7 Å². The molecule has 0 unspecified atom stereocenters. The summed E-state index contributed by atoms with van der Waals surface area (Å²) in [5.41, 5.74) is 0. The maximum absolute atomic E-state index is 13.0. The highest BCUT2D eigenvalue weighted by Gasteiger charge is 2.54. The van der Waals surface area contributed by atoms with Crippen LogP contribution in [-0.2, 0) is 67.3 Å². The molecule has 0 heterocycles. The highest BCUT2D eigenvalue weighted by atomic mass is 32.3. The molecule has 0 N–H and O–H groups in total. The first-order valence-corrected chi connectivity index (χ1v) is 14.1. The molecule has 0 radical (unpaired) electrons. The normalized spacial score (nSPS) is 15.1. The van der Waals surface area contributed by atoms with Gasteiger partial charge >= 0.3 is 29.8 Å². The van der Waals surface area contributed by atoms with E-state index < -0.39 is 96.6 Å². The van der Waals surface area contributed by atoms with Crippen molar-refractivity contribution in [1.29, 1.82) is 0 Å². The van der Waals surface area contributed by atoms with Gasteiger partial charge in [-0.25, -0.2) is 16.8 Å². The average Bonchev–Trinajstić information content (AvgIpc) is 2.71. The van der Waals surface area contributed by atoms with Crippen molar-refractivity contribution in [2.24, 2.45) is 0 Å². The van der Waals surface area contributed by atoms with E-state index in [2.05, 4.69) is 0 Å². The van der Waals surface area contributed by atoms with Crippen LogP contribution in [0.1, 0.15) is 48.5 Å². The molecule has 0 fully saturated rings. The average molecular weight is 561 g/mol. The van der Waals surface area contributed by atoms with Crippen molar-refractivity contribution < 1.29 is 64.5 Å². The molecule has 36 heavy (non-hydrogen) atoms. The second-order valence-electron chi connectivity index (χ2n) is 7.44. The summed E-state index contributed by atoms with van der Waals surface area (Å²) in [6.45, 7) is 6.08. The standard InChI is InChI=1S/C20H32O14S2/c1-8-35(26,27)20(36(28,29)9-2)19(34-15(7)25)18(33-14(6)24)17(32-13(5)23)16(31-12(4)22)10-30-11(3)21/h16-20H,8-10H2,1-7H3/t16-,17-,18+,19+/m1/s1. The zero-order valence-electron chi connectivity index (χ0n) is 21.0. The number of carbonyl (C=O) groups excluding carboxylic acids is 5. The quantitative estimate of drug-likeness (QED) is 0.194. The van der Waals surface area contributed by atoms with Crippen LogP contribution < -0.4 is 0 Å². The van der Waals surface area contributed by atoms with Crippen molar-refractivity contribution in [1.82, 2.24) is 0 Å². The molecule has 0 amide bonds. The minimum absolute atomic E-state index is 0.722. The SMILES string of the molecule is CCS(=O)(=O)C([C@@H](OC(C)=O)[C@@H](OC(C)=O)[C@H](OC(C)=O)[C@@H](COC(C)=O)OC(C)=O)S(=O)(=O)CC. The van der Waals surface area contributed by atoms with E-state index in [-0.39, 0.29) is 0 Å². The lowest BCUT2D eigenvalue weighted by Crippen LogP contribution is -2.59. The molecule has 4 atom stereocenters. The van der Waals surface area contributed by atoms with Gasteiger partial charge in [-0.2, -0.15) is 0 Å². The monoisotopic (exact) mass is 560 g/mol. The van der Waals surface area contributed by atoms with Gasteiger partial charge in [0.25, 0.3) is 0 Å². The summed E-state index contributed by atoms with van der Waals surface area (Å²) < 4.78 is 74.6. The van der Waals surface area contributed by atoms with E-state index in [1.165, 1.54) is 0 Å². The minimum atomic E-state index is -4.58. The van der Waals surface area contributed by atoms with Crippen molar-refractivity contribution in [3.63, 3.8) is 0 Å². The molecular formula is C20H32O14S2.